The highest BCUT2D eigenvalue weighted by Gasteiger charge is 2.63. The standard InChI is InChI=1S/C24H21F8N3O4/c1-3-14-11-19(36)35(34-20(14)15-6-9-17(18(10-15)38-2)39-24(30,31)32)12-13-4-7-16(8-5-13)33-21(37)22(25,26)23(27,28)29/h4-10,14H,3,11-12H2,1-2H3,(H,33,37). The molecule has 0 saturated heterocycles. The average Bonchev–Trinajstić information content (AvgIpc) is 2.84. The average molecular weight is 567 g/mol. The van der Waals surface area contributed by atoms with Gasteiger partial charge in [0.15, 0.2) is 11.5 Å². The van der Waals surface area contributed by atoms with Crippen LogP contribution < -0.4 is 14.8 Å². The van der Waals surface area contributed by atoms with Gasteiger partial charge in [-0.3, -0.25) is 9.59 Å². The number of hydrogen-bond donors (Lipinski definition) is 1. The monoisotopic (exact) mass is 567 g/mol. The first-order valence-corrected chi connectivity index (χ1v) is 11.2. The van der Waals surface area contributed by atoms with E-state index in [1.807, 2.05) is 0 Å². The van der Waals surface area contributed by atoms with Crippen molar-refractivity contribution in [2.45, 2.75) is 44.8 Å². The van der Waals surface area contributed by atoms with Gasteiger partial charge in [0.2, 0.25) is 5.91 Å². The molecule has 212 valence electrons. The third kappa shape index (κ3) is 6.95. The number of hydrazone groups is 1. The van der Waals surface area contributed by atoms with Gasteiger partial charge in [-0.15, -0.1) is 13.2 Å². The number of methoxy groups -OCH3 is 1. The Kier molecular flexibility index (Phi) is 8.41. The molecule has 39 heavy (non-hydrogen) atoms. The largest absolute Gasteiger partial charge is 0.573 e. The zero-order valence-electron chi connectivity index (χ0n) is 20.3. The van der Waals surface area contributed by atoms with Crippen molar-refractivity contribution in [3.8, 4) is 11.5 Å². The maximum Gasteiger partial charge on any atom is 0.573 e. The van der Waals surface area contributed by atoms with Crippen molar-refractivity contribution in [2.24, 2.45) is 11.0 Å². The number of alkyl halides is 8. The second kappa shape index (κ2) is 11.1. The molecule has 1 unspecified atom stereocenters. The Morgan fingerprint density at radius 1 is 1.03 bits per heavy atom. The minimum Gasteiger partial charge on any atom is -0.493 e. The Labute approximate surface area is 216 Å². The Balaban J connectivity index is 1.82. The second-order valence-electron chi connectivity index (χ2n) is 8.38. The van der Waals surface area contributed by atoms with Crippen LogP contribution >= 0.6 is 0 Å². The Bertz CT molecular complexity index is 1240. The highest BCUT2D eigenvalue weighted by atomic mass is 19.4. The highest BCUT2D eigenvalue weighted by Crippen LogP contribution is 2.37. The molecule has 15 heteroatoms. The van der Waals surface area contributed by atoms with Gasteiger partial charge in [0.1, 0.15) is 0 Å². The van der Waals surface area contributed by atoms with Crippen molar-refractivity contribution in [2.75, 3.05) is 12.4 Å². The lowest BCUT2D eigenvalue weighted by atomic mass is 9.89. The fraction of sp³-hybridized carbons (Fsp3) is 0.375. The van der Waals surface area contributed by atoms with E-state index in [-0.39, 0.29) is 36.2 Å². The van der Waals surface area contributed by atoms with Crippen LogP contribution in [0.15, 0.2) is 47.6 Å². The summed E-state index contributed by atoms with van der Waals surface area (Å²) in [4.78, 5) is 24.1. The Morgan fingerprint density at radius 2 is 1.67 bits per heavy atom. The lowest BCUT2D eigenvalue weighted by Crippen LogP contribution is -2.47. The zero-order valence-corrected chi connectivity index (χ0v) is 20.3. The van der Waals surface area contributed by atoms with Crippen LogP contribution in [-0.4, -0.2) is 48.1 Å². The number of nitrogens with one attached hydrogen (secondary N) is 1. The summed E-state index contributed by atoms with van der Waals surface area (Å²) in [6.07, 6.45) is -10.5. The van der Waals surface area contributed by atoms with Gasteiger partial charge in [0, 0.05) is 23.6 Å². The third-order valence-corrected chi connectivity index (χ3v) is 5.69. The summed E-state index contributed by atoms with van der Waals surface area (Å²) >= 11 is 0. The van der Waals surface area contributed by atoms with Gasteiger partial charge in [-0.2, -0.15) is 27.1 Å². The third-order valence-electron chi connectivity index (χ3n) is 5.69. The fourth-order valence-corrected chi connectivity index (χ4v) is 3.68. The van der Waals surface area contributed by atoms with Crippen molar-refractivity contribution in [1.82, 2.24) is 5.01 Å². The summed E-state index contributed by atoms with van der Waals surface area (Å²) in [6, 6.07) is 8.45. The lowest BCUT2D eigenvalue weighted by molar-refractivity contribution is -0.275. The van der Waals surface area contributed by atoms with E-state index in [0.717, 1.165) is 30.3 Å². The first kappa shape index (κ1) is 29.6. The number of halogens is 8. The molecule has 3 rings (SSSR count). The van der Waals surface area contributed by atoms with E-state index in [2.05, 4.69) is 9.84 Å². The molecule has 2 aromatic carbocycles. The van der Waals surface area contributed by atoms with Gasteiger partial charge in [-0.25, -0.2) is 5.01 Å². The number of amides is 2. The minimum absolute atomic E-state index is 0.0269. The van der Waals surface area contributed by atoms with E-state index in [1.54, 1.807) is 6.92 Å². The topological polar surface area (TPSA) is 80.2 Å². The molecular weight excluding hydrogens is 546 g/mol. The molecule has 0 saturated carbocycles. The van der Waals surface area contributed by atoms with Crippen LogP contribution in [0.5, 0.6) is 11.5 Å². The summed E-state index contributed by atoms with van der Waals surface area (Å²) in [6.45, 7) is 1.68. The van der Waals surface area contributed by atoms with Gasteiger partial charge >= 0.3 is 24.4 Å². The van der Waals surface area contributed by atoms with Crippen LogP contribution in [-0.2, 0) is 16.1 Å². The molecule has 1 N–H and O–H groups in total. The summed E-state index contributed by atoms with van der Waals surface area (Å²) in [5.41, 5.74) is 0.844. The molecule has 1 heterocycles. The normalized spacial score (nSPS) is 16.6. The summed E-state index contributed by atoms with van der Waals surface area (Å²) in [5.74, 6) is -9.65. The zero-order chi connectivity index (χ0) is 29.2. The van der Waals surface area contributed by atoms with Crippen LogP contribution in [0.25, 0.3) is 0 Å². The molecule has 1 aliphatic heterocycles. The molecular formula is C24H21F8N3O4. The minimum atomic E-state index is -6.06. The lowest BCUT2D eigenvalue weighted by Gasteiger charge is -2.29. The van der Waals surface area contributed by atoms with E-state index >= 15 is 0 Å². The Morgan fingerprint density at radius 3 is 2.21 bits per heavy atom. The molecule has 1 atom stereocenters. The van der Waals surface area contributed by atoms with E-state index < -0.39 is 30.1 Å². The molecule has 2 aromatic rings. The molecule has 1 aliphatic rings. The van der Waals surface area contributed by atoms with Crippen molar-refractivity contribution < 1.29 is 54.2 Å². The smallest absolute Gasteiger partial charge is 0.493 e. The quantitative estimate of drug-likeness (QED) is 0.404. The molecule has 0 fully saturated rings. The fourth-order valence-electron chi connectivity index (χ4n) is 3.68. The summed E-state index contributed by atoms with van der Waals surface area (Å²) in [5, 5.41) is 6.97. The van der Waals surface area contributed by atoms with Gasteiger partial charge < -0.3 is 14.8 Å². The molecule has 2 amide bonds. The van der Waals surface area contributed by atoms with Crippen LogP contribution in [0.3, 0.4) is 0 Å². The van der Waals surface area contributed by atoms with Crippen molar-refractivity contribution in [3.05, 3.63) is 53.6 Å². The van der Waals surface area contributed by atoms with Crippen molar-refractivity contribution >= 4 is 23.2 Å². The predicted octanol–water partition coefficient (Wildman–Crippen LogP) is 5.89. The first-order valence-electron chi connectivity index (χ1n) is 11.2. The maximum absolute atomic E-state index is 13.2. The Hall–Kier alpha value is -3.91. The molecule has 7 nitrogen and oxygen atoms in total. The van der Waals surface area contributed by atoms with E-state index in [0.29, 0.717) is 23.3 Å². The van der Waals surface area contributed by atoms with E-state index in [1.165, 1.54) is 29.6 Å². The molecule has 0 aliphatic carbocycles. The van der Waals surface area contributed by atoms with Crippen LogP contribution in [0.2, 0.25) is 0 Å². The number of carbonyl (C=O) groups excluding carboxylic acids is 2. The summed E-state index contributed by atoms with van der Waals surface area (Å²) < 4.78 is 110. The number of benzene rings is 2. The van der Waals surface area contributed by atoms with Crippen LogP contribution in [0.4, 0.5) is 40.8 Å². The van der Waals surface area contributed by atoms with Gasteiger partial charge in [-0.05, 0) is 42.3 Å². The summed E-state index contributed by atoms with van der Waals surface area (Å²) in [7, 11) is 1.16. The van der Waals surface area contributed by atoms with E-state index in [4.69, 9.17) is 4.74 Å². The second-order valence-corrected chi connectivity index (χ2v) is 8.38. The number of ether oxygens (including phenoxy) is 2. The number of anilines is 1. The molecule has 0 spiro atoms. The number of hydrogen-bond acceptors (Lipinski definition) is 5. The number of rotatable bonds is 8. The van der Waals surface area contributed by atoms with Crippen molar-refractivity contribution in [3.63, 3.8) is 0 Å². The van der Waals surface area contributed by atoms with Crippen molar-refractivity contribution in [1.29, 1.82) is 0 Å². The SMILES string of the molecule is CCC1CC(=O)N(Cc2ccc(NC(=O)C(F)(F)C(F)(F)F)cc2)N=C1c1ccc(OC(F)(F)F)c(OC)c1. The molecule has 0 radical (unpaired) electrons. The van der Waals surface area contributed by atoms with Gasteiger partial charge in [0.25, 0.3) is 0 Å². The predicted molar refractivity (Wildman–Crippen MR) is 121 cm³/mol. The van der Waals surface area contributed by atoms with E-state index in [9.17, 15) is 44.7 Å². The van der Waals surface area contributed by atoms with Crippen LogP contribution in [0.1, 0.15) is 30.9 Å². The molecule has 0 aromatic heterocycles. The highest BCUT2D eigenvalue weighted by molar-refractivity contribution is 6.06. The first-order chi connectivity index (χ1) is 18.1. The van der Waals surface area contributed by atoms with Crippen LogP contribution in [0, 0.1) is 5.92 Å². The number of nitrogens with zero attached hydrogens (tertiary/aromatic N) is 2. The molecule has 0 bridgehead atoms. The van der Waals surface area contributed by atoms with Gasteiger partial charge in [0.05, 0.1) is 19.4 Å². The number of carbonyl (C=O) groups is 2. The maximum atomic E-state index is 13.2. The van der Waals surface area contributed by atoms with Gasteiger partial charge in [-0.1, -0.05) is 19.1 Å².